The average molecular weight is 411 g/mol. The van der Waals surface area contributed by atoms with E-state index < -0.39 is 11.6 Å². The van der Waals surface area contributed by atoms with Crippen molar-refractivity contribution in [3.05, 3.63) is 0 Å². The Labute approximate surface area is 174 Å². The van der Waals surface area contributed by atoms with Crippen molar-refractivity contribution < 1.29 is 28.4 Å². The van der Waals surface area contributed by atoms with Crippen molar-refractivity contribution in [2.75, 3.05) is 13.2 Å². The van der Waals surface area contributed by atoms with Crippen molar-refractivity contribution in [3.8, 4) is 0 Å². The summed E-state index contributed by atoms with van der Waals surface area (Å²) in [7, 11) is 0. The highest BCUT2D eigenvalue weighted by molar-refractivity contribution is 5.01. The Bertz CT molecular complexity index is 554. The second-order valence-corrected chi connectivity index (χ2v) is 10.1. The third kappa shape index (κ3) is 4.13. The topological polar surface area (TPSA) is 55.4 Å². The predicted molar refractivity (Wildman–Crippen MR) is 106 cm³/mol. The molecule has 29 heavy (non-hydrogen) atoms. The van der Waals surface area contributed by atoms with E-state index in [4.69, 9.17) is 28.4 Å². The van der Waals surface area contributed by atoms with Gasteiger partial charge in [-0.2, -0.15) is 0 Å². The Morgan fingerprint density at radius 2 is 1.52 bits per heavy atom. The van der Waals surface area contributed by atoms with Crippen LogP contribution in [0.15, 0.2) is 0 Å². The molecule has 3 saturated heterocycles. The maximum atomic E-state index is 6.54. The summed E-state index contributed by atoms with van der Waals surface area (Å²) in [6.45, 7) is 5.73. The first-order chi connectivity index (χ1) is 14.1. The lowest BCUT2D eigenvalue weighted by Crippen LogP contribution is -2.46. The van der Waals surface area contributed by atoms with Gasteiger partial charge >= 0.3 is 0 Å². The molecule has 3 aliphatic heterocycles. The minimum absolute atomic E-state index is 0.114. The van der Waals surface area contributed by atoms with Crippen molar-refractivity contribution in [3.63, 3.8) is 0 Å². The monoisotopic (exact) mass is 410 g/mol. The lowest BCUT2D eigenvalue weighted by atomic mass is 9.94. The molecule has 0 radical (unpaired) electrons. The van der Waals surface area contributed by atoms with Gasteiger partial charge in [0.25, 0.3) is 0 Å². The molecule has 6 heteroatoms. The Balaban J connectivity index is 1.28. The van der Waals surface area contributed by atoms with Crippen molar-refractivity contribution in [1.29, 1.82) is 0 Å². The first kappa shape index (κ1) is 20.7. The van der Waals surface area contributed by atoms with Gasteiger partial charge in [0.05, 0.1) is 6.61 Å². The van der Waals surface area contributed by atoms with Gasteiger partial charge in [0.15, 0.2) is 17.9 Å². The van der Waals surface area contributed by atoms with E-state index >= 15 is 0 Å². The number of ether oxygens (including phenoxy) is 6. The molecule has 0 aromatic carbocycles. The van der Waals surface area contributed by atoms with Crippen LogP contribution in [-0.2, 0) is 28.4 Å². The smallest absolute Gasteiger partial charge is 0.190 e. The summed E-state index contributed by atoms with van der Waals surface area (Å²) in [6, 6.07) is 0. The summed E-state index contributed by atoms with van der Waals surface area (Å²) < 4.78 is 38.4. The number of fused-ring (bicyclic) bond motifs is 1. The third-order valence-corrected chi connectivity index (χ3v) is 7.37. The highest BCUT2D eigenvalue weighted by Gasteiger charge is 2.61. The summed E-state index contributed by atoms with van der Waals surface area (Å²) in [6.07, 6.45) is 11.1. The molecule has 5 fully saturated rings. The van der Waals surface area contributed by atoms with Gasteiger partial charge < -0.3 is 28.4 Å². The second kappa shape index (κ2) is 8.36. The molecular weight excluding hydrogens is 372 g/mol. The molecule has 2 spiro atoms. The SMILES string of the molecule is CC(C)CCO[C@@H]1[C@H]2OC3(CCCCC3)O[C@H]2O[C@@H]1C1COC2(CCCCC2)O1. The zero-order valence-corrected chi connectivity index (χ0v) is 18.1. The Kier molecular flexibility index (Phi) is 5.95. The molecule has 5 aliphatic rings. The van der Waals surface area contributed by atoms with E-state index in [1.165, 1.54) is 25.7 Å². The lowest BCUT2D eigenvalue weighted by molar-refractivity contribution is -0.262. The van der Waals surface area contributed by atoms with Gasteiger partial charge in [0.2, 0.25) is 0 Å². The third-order valence-electron chi connectivity index (χ3n) is 7.37. The van der Waals surface area contributed by atoms with Gasteiger partial charge in [-0.15, -0.1) is 0 Å². The van der Waals surface area contributed by atoms with E-state index in [-0.39, 0.29) is 30.7 Å². The maximum absolute atomic E-state index is 6.54. The quantitative estimate of drug-likeness (QED) is 0.674. The van der Waals surface area contributed by atoms with E-state index in [1.807, 2.05) is 0 Å². The molecule has 3 heterocycles. The summed E-state index contributed by atoms with van der Waals surface area (Å²) in [4.78, 5) is 0. The van der Waals surface area contributed by atoms with Crippen LogP contribution in [0.25, 0.3) is 0 Å². The maximum Gasteiger partial charge on any atom is 0.190 e. The molecule has 6 nitrogen and oxygen atoms in total. The normalized spacial score (nSPS) is 40.9. The highest BCUT2D eigenvalue weighted by Crippen LogP contribution is 2.48. The highest BCUT2D eigenvalue weighted by atomic mass is 16.9. The summed E-state index contributed by atoms with van der Waals surface area (Å²) in [5.74, 6) is -0.261. The van der Waals surface area contributed by atoms with Gasteiger partial charge in [0.1, 0.15) is 24.4 Å². The van der Waals surface area contributed by atoms with Crippen LogP contribution < -0.4 is 0 Å². The van der Waals surface area contributed by atoms with E-state index in [2.05, 4.69) is 13.8 Å². The fourth-order valence-corrected chi connectivity index (χ4v) is 5.70. The van der Waals surface area contributed by atoms with E-state index in [0.717, 1.165) is 44.9 Å². The molecule has 1 unspecified atom stereocenters. The Morgan fingerprint density at radius 1 is 0.828 bits per heavy atom. The largest absolute Gasteiger partial charge is 0.372 e. The molecule has 0 bridgehead atoms. The predicted octanol–water partition coefficient (Wildman–Crippen LogP) is 4.29. The molecule has 0 aromatic heterocycles. The Hall–Kier alpha value is -0.240. The zero-order chi connectivity index (χ0) is 19.9. The molecular formula is C23H38O6. The average Bonchev–Trinajstić information content (AvgIpc) is 3.35. The van der Waals surface area contributed by atoms with Crippen molar-refractivity contribution in [2.45, 2.75) is 127 Å². The van der Waals surface area contributed by atoms with Gasteiger partial charge in [-0.25, -0.2) is 0 Å². The second-order valence-electron chi connectivity index (χ2n) is 10.1. The summed E-state index contributed by atoms with van der Waals surface area (Å²) in [5.41, 5.74) is 0. The van der Waals surface area contributed by atoms with Crippen LogP contribution >= 0.6 is 0 Å². The van der Waals surface area contributed by atoms with E-state index in [9.17, 15) is 0 Å². The molecule has 5 rings (SSSR count). The van der Waals surface area contributed by atoms with Gasteiger partial charge in [-0.1, -0.05) is 26.7 Å². The van der Waals surface area contributed by atoms with E-state index in [0.29, 0.717) is 19.1 Å². The van der Waals surface area contributed by atoms with Crippen LogP contribution in [0.2, 0.25) is 0 Å². The van der Waals surface area contributed by atoms with E-state index in [1.54, 1.807) is 0 Å². The van der Waals surface area contributed by atoms with Gasteiger partial charge in [-0.05, 0) is 38.0 Å². The van der Waals surface area contributed by atoms with Gasteiger partial charge in [0, 0.05) is 32.3 Å². The standard InChI is InChI=1S/C23H38O6/c1-16(2)9-14-24-19-18(17-15-25-22(27-17)10-5-3-6-11-22)26-21-20(19)28-23(29-21)12-7-4-8-13-23/h16-21H,3-15H2,1-2H3/t17?,18-,19+,20-,21-/m1/s1. The first-order valence-corrected chi connectivity index (χ1v) is 12.0. The van der Waals surface area contributed by atoms with Crippen LogP contribution in [0.4, 0.5) is 0 Å². The number of hydrogen-bond donors (Lipinski definition) is 0. The van der Waals surface area contributed by atoms with Crippen LogP contribution in [0.1, 0.15) is 84.5 Å². The fourth-order valence-electron chi connectivity index (χ4n) is 5.70. The summed E-state index contributed by atoms with van der Waals surface area (Å²) >= 11 is 0. The minimum atomic E-state index is -0.462. The lowest BCUT2D eigenvalue weighted by Gasteiger charge is -2.35. The summed E-state index contributed by atoms with van der Waals surface area (Å²) in [5, 5.41) is 0. The van der Waals surface area contributed by atoms with Crippen molar-refractivity contribution >= 4 is 0 Å². The van der Waals surface area contributed by atoms with Crippen molar-refractivity contribution in [2.24, 2.45) is 5.92 Å². The van der Waals surface area contributed by atoms with Crippen molar-refractivity contribution in [1.82, 2.24) is 0 Å². The molecule has 2 aliphatic carbocycles. The van der Waals surface area contributed by atoms with Gasteiger partial charge in [-0.3, -0.25) is 0 Å². The molecule has 2 saturated carbocycles. The molecule has 0 aromatic rings. The molecule has 0 N–H and O–H groups in total. The van der Waals surface area contributed by atoms with Crippen LogP contribution in [0.3, 0.4) is 0 Å². The van der Waals surface area contributed by atoms with Crippen LogP contribution in [0.5, 0.6) is 0 Å². The molecule has 5 atom stereocenters. The van der Waals surface area contributed by atoms with Crippen LogP contribution in [0, 0.1) is 5.92 Å². The fraction of sp³-hybridized carbons (Fsp3) is 1.00. The Morgan fingerprint density at radius 3 is 2.21 bits per heavy atom. The zero-order valence-electron chi connectivity index (χ0n) is 18.1. The molecule has 166 valence electrons. The minimum Gasteiger partial charge on any atom is -0.372 e. The molecule has 0 amide bonds. The first-order valence-electron chi connectivity index (χ1n) is 12.0. The number of rotatable bonds is 5. The van der Waals surface area contributed by atoms with Crippen LogP contribution in [-0.4, -0.2) is 55.5 Å². The number of hydrogen-bond acceptors (Lipinski definition) is 6.